The van der Waals surface area contributed by atoms with E-state index >= 15 is 0 Å². The van der Waals surface area contributed by atoms with Gasteiger partial charge in [-0.15, -0.1) is 0 Å². The number of rotatable bonds is 2. The van der Waals surface area contributed by atoms with Gasteiger partial charge < -0.3 is 9.88 Å². The van der Waals surface area contributed by atoms with Crippen LogP contribution < -0.4 is 10.7 Å². The Morgan fingerprint density at radius 1 is 1.00 bits per heavy atom. The molecule has 1 N–H and O–H groups in total. The van der Waals surface area contributed by atoms with Crippen LogP contribution in [0.3, 0.4) is 0 Å². The lowest BCUT2D eigenvalue weighted by molar-refractivity contribution is 0.0931. The van der Waals surface area contributed by atoms with Crippen LogP contribution in [-0.4, -0.2) is 10.5 Å². The Labute approximate surface area is 157 Å². The average molecular weight is 358 g/mol. The molecule has 0 saturated carbocycles. The van der Waals surface area contributed by atoms with E-state index < -0.39 is 0 Å². The summed E-state index contributed by atoms with van der Waals surface area (Å²) in [5.41, 5.74) is 4.76. The molecule has 1 aliphatic carbocycles. The summed E-state index contributed by atoms with van der Waals surface area (Å²) < 4.78 is 2.08. The van der Waals surface area contributed by atoms with Gasteiger partial charge in [-0.25, -0.2) is 0 Å². The van der Waals surface area contributed by atoms with E-state index in [4.69, 9.17) is 0 Å². The molecule has 136 valence electrons. The third-order valence-corrected chi connectivity index (χ3v) is 5.95. The molecule has 2 heterocycles. The van der Waals surface area contributed by atoms with Crippen molar-refractivity contribution >= 4 is 16.8 Å². The Morgan fingerprint density at radius 2 is 1.81 bits per heavy atom. The second kappa shape index (κ2) is 6.38. The van der Waals surface area contributed by atoms with Crippen LogP contribution in [0.25, 0.3) is 10.9 Å². The van der Waals surface area contributed by atoms with Crippen LogP contribution in [0.15, 0.2) is 53.5 Å². The number of fused-ring (bicyclic) bond motifs is 1. The number of hydrogen-bond donors (Lipinski definition) is 1. The molecule has 27 heavy (non-hydrogen) atoms. The Morgan fingerprint density at radius 3 is 2.74 bits per heavy atom. The van der Waals surface area contributed by atoms with Crippen molar-refractivity contribution in [1.29, 1.82) is 0 Å². The highest BCUT2D eigenvalue weighted by Gasteiger charge is 2.24. The van der Waals surface area contributed by atoms with Crippen LogP contribution in [0.1, 0.15) is 52.4 Å². The van der Waals surface area contributed by atoms with Gasteiger partial charge in [-0.1, -0.05) is 36.4 Å². The zero-order chi connectivity index (χ0) is 18.4. The maximum absolute atomic E-state index is 13.0. The molecule has 3 aromatic rings. The highest BCUT2D eigenvalue weighted by atomic mass is 16.2. The summed E-state index contributed by atoms with van der Waals surface area (Å²) >= 11 is 0. The highest BCUT2D eigenvalue weighted by Crippen LogP contribution is 2.30. The molecule has 0 unspecified atom stereocenters. The van der Waals surface area contributed by atoms with E-state index in [-0.39, 0.29) is 22.9 Å². The fourth-order valence-corrected chi connectivity index (χ4v) is 4.66. The van der Waals surface area contributed by atoms with Crippen LogP contribution in [0.5, 0.6) is 0 Å². The lowest BCUT2D eigenvalue weighted by Crippen LogP contribution is -2.34. The SMILES string of the molecule is O=C(N[C@H]1CCCc2ccccc21)c1cn2c3c(cccc3c1=O)CCC2. The molecule has 0 bridgehead atoms. The molecule has 0 spiro atoms. The number of hydrogen-bond acceptors (Lipinski definition) is 2. The van der Waals surface area contributed by atoms with E-state index in [2.05, 4.69) is 28.1 Å². The first kappa shape index (κ1) is 16.3. The highest BCUT2D eigenvalue weighted by molar-refractivity contribution is 5.98. The van der Waals surface area contributed by atoms with Crippen molar-refractivity contribution in [2.45, 2.75) is 44.7 Å². The molecule has 0 saturated heterocycles. The van der Waals surface area contributed by atoms with Crippen molar-refractivity contribution in [2.24, 2.45) is 0 Å². The molecule has 1 atom stereocenters. The summed E-state index contributed by atoms with van der Waals surface area (Å²) in [4.78, 5) is 26.1. The Balaban J connectivity index is 1.54. The van der Waals surface area contributed by atoms with Crippen molar-refractivity contribution in [1.82, 2.24) is 9.88 Å². The van der Waals surface area contributed by atoms with Gasteiger partial charge >= 0.3 is 0 Å². The third kappa shape index (κ3) is 2.67. The largest absolute Gasteiger partial charge is 0.346 e. The number of benzene rings is 2. The van der Waals surface area contributed by atoms with Crippen LogP contribution in [0, 0.1) is 0 Å². The average Bonchev–Trinajstić information content (AvgIpc) is 2.71. The number of aryl methyl sites for hydroxylation is 3. The van der Waals surface area contributed by atoms with Crippen molar-refractivity contribution in [3.63, 3.8) is 0 Å². The van der Waals surface area contributed by atoms with Crippen LogP contribution in [0.2, 0.25) is 0 Å². The molecule has 0 fully saturated rings. The Hall–Kier alpha value is -2.88. The summed E-state index contributed by atoms with van der Waals surface area (Å²) in [6.45, 7) is 0.848. The number of pyridine rings is 1. The van der Waals surface area contributed by atoms with Gasteiger partial charge in [0.1, 0.15) is 5.56 Å². The van der Waals surface area contributed by atoms with Crippen molar-refractivity contribution in [2.75, 3.05) is 0 Å². The van der Waals surface area contributed by atoms with E-state index in [0.717, 1.165) is 44.2 Å². The van der Waals surface area contributed by atoms with Gasteiger partial charge in [0.25, 0.3) is 5.91 Å². The van der Waals surface area contributed by atoms with Crippen molar-refractivity contribution in [3.05, 3.63) is 81.1 Å². The second-order valence-electron chi connectivity index (χ2n) is 7.60. The van der Waals surface area contributed by atoms with Crippen molar-refractivity contribution < 1.29 is 4.79 Å². The van der Waals surface area contributed by atoms with Crippen molar-refractivity contribution in [3.8, 4) is 0 Å². The fourth-order valence-electron chi connectivity index (χ4n) is 4.66. The molecule has 2 aliphatic rings. The molecule has 4 nitrogen and oxygen atoms in total. The Bertz CT molecular complexity index is 1110. The zero-order valence-electron chi connectivity index (χ0n) is 15.2. The van der Waals surface area contributed by atoms with E-state index in [0.29, 0.717) is 5.39 Å². The van der Waals surface area contributed by atoms with E-state index in [9.17, 15) is 9.59 Å². The first-order chi connectivity index (χ1) is 13.2. The lowest BCUT2D eigenvalue weighted by atomic mass is 9.87. The molecular weight excluding hydrogens is 336 g/mol. The smallest absolute Gasteiger partial charge is 0.257 e. The quantitative estimate of drug-likeness (QED) is 0.758. The number of nitrogens with one attached hydrogen (secondary N) is 1. The lowest BCUT2D eigenvalue weighted by Gasteiger charge is -2.26. The minimum absolute atomic E-state index is 0.0229. The van der Waals surface area contributed by atoms with Crippen LogP contribution in [0.4, 0.5) is 0 Å². The standard InChI is InChI=1S/C23H22N2O2/c26-22-18-11-3-8-16-9-5-13-25(21(16)18)14-19(22)23(27)24-20-12-4-7-15-6-1-2-10-17(15)20/h1-3,6,8,10-11,14,20H,4-5,7,9,12-13H2,(H,24,27)/t20-/m0/s1. The first-order valence-corrected chi connectivity index (χ1v) is 9.76. The summed E-state index contributed by atoms with van der Waals surface area (Å²) in [5.74, 6) is -0.261. The van der Waals surface area contributed by atoms with E-state index in [1.165, 1.54) is 16.7 Å². The second-order valence-corrected chi connectivity index (χ2v) is 7.60. The molecular formula is C23H22N2O2. The number of aromatic nitrogens is 1. The summed E-state index contributed by atoms with van der Waals surface area (Å²) in [5, 5.41) is 3.78. The first-order valence-electron chi connectivity index (χ1n) is 9.76. The number of carbonyl (C=O) groups excluding carboxylic acids is 1. The monoisotopic (exact) mass is 358 g/mol. The van der Waals surface area contributed by atoms with Gasteiger partial charge in [-0.05, 0) is 54.9 Å². The summed E-state index contributed by atoms with van der Waals surface area (Å²) in [7, 11) is 0. The molecule has 1 aliphatic heterocycles. The molecule has 0 radical (unpaired) electrons. The van der Waals surface area contributed by atoms with Crippen LogP contribution in [-0.2, 0) is 19.4 Å². The number of amides is 1. The number of nitrogens with zero attached hydrogens (tertiary/aromatic N) is 1. The predicted octanol–water partition coefficient (Wildman–Crippen LogP) is 3.76. The van der Waals surface area contributed by atoms with Gasteiger partial charge in [0.15, 0.2) is 0 Å². The molecule has 1 aromatic heterocycles. The van der Waals surface area contributed by atoms with E-state index in [1.54, 1.807) is 6.20 Å². The Kier molecular flexibility index (Phi) is 3.85. The van der Waals surface area contributed by atoms with Crippen LogP contribution >= 0.6 is 0 Å². The third-order valence-electron chi connectivity index (χ3n) is 5.95. The topological polar surface area (TPSA) is 51.1 Å². The number of para-hydroxylation sites is 1. The van der Waals surface area contributed by atoms with Gasteiger partial charge in [0.2, 0.25) is 5.43 Å². The zero-order valence-corrected chi connectivity index (χ0v) is 15.2. The van der Waals surface area contributed by atoms with Gasteiger partial charge in [0, 0.05) is 18.1 Å². The van der Waals surface area contributed by atoms with Gasteiger partial charge in [-0.2, -0.15) is 0 Å². The molecule has 2 aromatic carbocycles. The summed E-state index contributed by atoms with van der Waals surface area (Å²) in [6.07, 6.45) is 6.79. The molecule has 4 heteroatoms. The van der Waals surface area contributed by atoms with Gasteiger partial charge in [0.05, 0.1) is 11.6 Å². The number of carbonyl (C=O) groups is 1. The minimum Gasteiger partial charge on any atom is -0.346 e. The maximum atomic E-state index is 13.0. The summed E-state index contributed by atoms with van der Waals surface area (Å²) in [6, 6.07) is 14.1. The predicted molar refractivity (Wildman–Crippen MR) is 106 cm³/mol. The minimum atomic E-state index is -0.261. The molecule has 5 rings (SSSR count). The normalized spacial score (nSPS) is 18.1. The van der Waals surface area contributed by atoms with Gasteiger partial charge in [-0.3, -0.25) is 9.59 Å². The molecule has 1 amide bonds. The van der Waals surface area contributed by atoms with E-state index in [1.807, 2.05) is 24.3 Å². The maximum Gasteiger partial charge on any atom is 0.257 e. The fraction of sp³-hybridized carbons (Fsp3) is 0.304.